The number of aromatic hydroxyl groups is 2. The molecule has 2 aliphatic rings. The number of carbonyl (C=O) groups excluding carboxylic acids is 4. The van der Waals surface area contributed by atoms with Crippen LogP contribution in [0.2, 0.25) is 0 Å². The number of allylic oxidation sites excluding steroid dienone is 2. The SMILES string of the molecule is CO[C@H]1/C=C/O[C@@]2(C)Oc3c(C)c(O)c4c(O)c(c5c(nc6cc(C)ccn65)c4c3C2=O)NC(=O)/C(C)=C\C=C\[C@@](C)(O)C(=O)[C@@H](C)[C@@H](O)[C@@H](C)[C@H](OC(C)=O)[C@@H]1C. The Kier molecular flexibility index (Phi) is 11.0. The number of Topliss-reactive ketones (excluding diaryl/α,β-unsaturated/α-hetero) is 2. The van der Waals surface area contributed by atoms with Gasteiger partial charge < -0.3 is 44.7 Å². The van der Waals surface area contributed by atoms with Gasteiger partial charge in [-0.3, -0.25) is 23.6 Å². The number of phenols is 2. The number of amides is 1. The van der Waals surface area contributed by atoms with Crippen molar-refractivity contribution >= 4 is 56.6 Å². The Bertz CT molecular complexity index is 2480. The standard InChI is InChI=1S/C43H49N3O12/c1-19-13-16-46-27(18-19)44-31-28-29-35(49)23(5)38-30(28)40(52)43(9,58-38)56-17-14-26(55-10)21(3)37(57-25(7)47)22(4)34(48)24(6)39(51)42(8,54)15-11-12-20(2)41(53)45-32(33(31)46)36(29)50/h11-18,21-22,24,26,34,37,48-50,54H,1-10H3,(H,45,53)/b15-11+,17-14+,20-12-/t21-,22-,24+,26+,34+,37-,42-,43+/m1/s1. The minimum Gasteiger partial charge on any atom is -0.507 e. The first-order valence-electron chi connectivity index (χ1n) is 18.9. The number of hydrogen-bond acceptors (Lipinski definition) is 13. The second kappa shape index (κ2) is 15.2. The van der Waals surface area contributed by atoms with Crippen LogP contribution in [-0.4, -0.2) is 90.1 Å². The van der Waals surface area contributed by atoms with Crippen LogP contribution in [0.25, 0.3) is 27.5 Å². The molecule has 0 saturated heterocycles. The highest BCUT2D eigenvalue weighted by Gasteiger charge is 2.50. The predicted molar refractivity (Wildman–Crippen MR) is 214 cm³/mol. The highest BCUT2D eigenvalue weighted by atomic mass is 16.7. The number of pyridine rings is 1. The Hall–Kier alpha value is -5.77. The van der Waals surface area contributed by atoms with Crippen LogP contribution in [0.1, 0.15) is 70.0 Å². The third-order valence-corrected chi connectivity index (χ3v) is 11.3. The van der Waals surface area contributed by atoms with Gasteiger partial charge in [0.15, 0.2) is 11.5 Å². The zero-order chi connectivity index (χ0) is 42.8. The molecule has 58 heavy (non-hydrogen) atoms. The largest absolute Gasteiger partial charge is 0.507 e. The van der Waals surface area contributed by atoms with Gasteiger partial charge in [-0.25, -0.2) is 4.98 Å². The fraction of sp³-hybridized carbons (Fsp3) is 0.419. The first-order chi connectivity index (χ1) is 27.1. The van der Waals surface area contributed by atoms with Gasteiger partial charge in [0, 0.05) is 61.4 Å². The molecular weight excluding hydrogens is 750 g/mol. The Morgan fingerprint density at radius 2 is 1.72 bits per heavy atom. The van der Waals surface area contributed by atoms with Crippen molar-refractivity contribution in [3.05, 3.63) is 71.2 Å². The van der Waals surface area contributed by atoms with Gasteiger partial charge in [-0.15, -0.1) is 0 Å². The summed E-state index contributed by atoms with van der Waals surface area (Å²) in [6.07, 6.45) is 5.00. The number of carbonyl (C=O) groups is 4. The number of ether oxygens (including phenoxy) is 4. The summed E-state index contributed by atoms with van der Waals surface area (Å²) in [4.78, 5) is 59.2. The van der Waals surface area contributed by atoms with E-state index in [9.17, 15) is 39.6 Å². The summed E-state index contributed by atoms with van der Waals surface area (Å²) < 4.78 is 25.3. The molecule has 2 aromatic carbocycles. The molecule has 4 bridgehead atoms. The molecule has 6 rings (SSSR count). The molecule has 4 aromatic rings. The number of aryl methyl sites for hydroxylation is 1. The van der Waals surface area contributed by atoms with Gasteiger partial charge in [0.05, 0.1) is 29.4 Å². The molecule has 2 aromatic heterocycles. The third-order valence-electron chi connectivity index (χ3n) is 11.3. The van der Waals surface area contributed by atoms with Crippen LogP contribution >= 0.6 is 0 Å². The lowest BCUT2D eigenvalue weighted by Crippen LogP contribution is -2.48. The van der Waals surface area contributed by atoms with Crippen molar-refractivity contribution in [2.75, 3.05) is 12.4 Å². The molecule has 0 unspecified atom stereocenters. The topological polar surface area (TPSA) is 215 Å². The maximum absolute atomic E-state index is 14.6. The predicted octanol–water partition coefficient (Wildman–Crippen LogP) is 5.48. The normalized spacial score (nSPS) is 30.6. The van der Waals surface area contributed by atoms with E-state index in [1.807, 2.05) is 6.92 Å². The van der Waals surface area contributed by atoms with E-state index >= 15 is 0 Å². The first kappa shape index (κ1) is 41.9. The van der Waals surface area contributed by atoms with Crippen molar-refractivity contribution in [2.24, 2.45) is 17.8 Å². The van der Waals surface area contributed by atoms with Crippen LogP contribution in [0.4, 0.5) is 5.69 Å². The molecule has 0 fully saturated rings. The van der Waals surface area contributed by atoms with Gasteiger partial charge in [0.25, 0.3) is 11.7 Å². The van der Waals surface area contributed by atoms with E-state index in [0.29, 0.717) is 5.65 Å². The van der Waals surface area contributed by atoms with E-state index in [-0.39, 0.29) is 49.9 Å². The fourth-order valence-electron chi connectivity index (χ4n) is 7.91. The molecule has 0 aliphatic carbocycles. The smallest absolute Gasteiger partial charge is 0.312 e. The summed E-state index contributed by atoms with van der Waals surface area (Å²) in [6.45, 7) is 13.5. The zero-order valence-corrected chi connectivity index (χ0v) is 34.0. The van der Waals surface area contributed by atoms with E-state index in [0.717, 1.165) is 5.56 Å². The first-order valence-corrected chi connectivity index (χ1v) is 18.9. The maximum atomic E-state index is 14.6. The second-order valence-electron chi connectivity index (χ2n) is 15.7. The van der Waals surface area contributed by atoms with Crippen molar-refractivity contribution < 1.29 is 58.6 Å². The van der Waals surface area contributed by atoms with Crippen molar-refractivity contribution in [1.82, 2.24) is 9.38 Å². The van der Waals surface area contributed by atoms with E-state index in [1.165, 1.54) is 79.2 Å². The molecule has 15 nitrogen and oxygen atoms in total. The minimum atomic E-state index is -2.10. The van der Waals surface area contributed by atoms with E-state index in [2.05, 4.69) is 5.32 Å². The number of esters is 1. The number of rotatable bonds is 2. The number of hydrogen-bond donors (Lipinski definition) is 5. The summed E-state index contributed by atoms with van der Waals surface area (Å²) in [5.74, 6) is -8.36. The quantitative estimate of drug-likeness (QED) is 0.126. The highest BCUT2D eigenvalue weighted by molar-refractivity contribution is 6.28. The molecule has 0 saturated carbocycles. The fourth-order valence-corrected chi connectivity index (χ4v) is 7.91. The van der Waals surface area contributed by atoms with Crippen LogP contribution < -0.4 is 10.1 Å². The van der Waals surface area contributed by atoms with Gasteiger partial charge in [-0.05, 0) is 57.5 Å². The lowest BCUT2D eigenvalue weighted by atomic mass is 9.78. The summed E-state index contributed by atoms with van der Waals surface area (Å²) in [7, 11) is 1.41. The molecule has 8 atom stereocenters. The van der Waals surface area contributed by atoms with Crippen molar-refractivity contribution in [1.29, 1.82) is 0 Å². The summed E-state index contributed by atoms with van der Waals surface area (Å²) >= 11 is 0. The molecule has 0 radical (unpaired) electrons. The van der Waals surface area contributed by atoms with E-state index in [1.54, 1.807) is 36.6 Å². The molecular formula is C43H49N3O12. The maximum Gasteiger partial charge on any atom is 0.312 e. The number of nitrogens with one attached hydrogen (secondary N) is 1. The number of aliphatic hydroxyl groups excluding tert-OH is 1. The number of methoxy groups -OCH3 is 1. The molecule has 4 heterocycles. The number of benzene rings is 2. The monoisotopic (exact) mass is 799 g/mol. The molecule has 0 spiro atoms. The minimum absolute atomic E-state index is 0.00153. The van der Waals surface area contributed by atoms with Gasteiger partial charge in [-0.2, -0.15) is 0 Å². The van der Waals surface area contributed by atoms with E-state index < -0.39 is 82.4 Å². The molecule has 15 heteroatoms. The Balaban J connectivity index is 1.59. The van der Waals surface area contributed by atoms with Gasteiger partial charge in [0.2, 0.25) is 0 Å². The Labute approximate surface area is 334 Å². The third kappa shape index (κ3) is 6.96. The highest BCUT2D eigenvalue weighted by Crippen LogP contribution is 2.54. The number of nitrogens with zero attached hydrogens (tertiary/aromatic N) is 2. The van der Waals surface area contributed by atoms with Crippen LogP contribution in [0.5, 0.6) is 17.2 Å². The second-order valence-corrected chi connectivity index (χ2v) is 15.7. The number of fused-ring (bicyclic) bond motifs is 2. The summed E-state index contributed by atoms with van der Waals surface area (Å²) in [6, 6.07) is 3.58. The lowest BCUT2D eigenvalue weighted by Gasteiger charge is -2.37. The van der Waals surface area contributed by atoms with Gasteiger partial charge >= 0.3 is 11.8 Å². The number of anilines is 1. The Morgan fingerprint density at radius 1 is 1.03 bits per heavy atom. The molecule has 5 N–H and O–H groups in total. The molecule has 2 aliphatic heterocycles. The van der Waals surface area contributed by atoms with Crippen molar-refractivity contribution in [2.45, 2.75) is 92.0 Å². The number of aromatic nitrogens is 2. The molecule has 1 amide bonds. The number of imidazole rings is 1. The summed E-state index contributed by atoms with van der Waals surface area (Å²) in [5, 5.41) is 49.1. The average molecular weight is 800 g/mol. The van der Waals surface area contributed by atoms with Crippen LogP contribution in [0, 0.1) is 31.6 Å². The summed E-state index contributed by atoms with van der Waals surface area (Å²) in [5.41, 5.74) is -0.357. The number of phenolic OH excluding ortho intramolecular Hbond substituents is 2. The van der Waals surface area contributed by atoms with Gasteiger partial charge in [-0.1, -0.05) is 32.9 Å². The van der Waals surface area contributed by atoms with Gasteiger partial charge in [0.1, 0.15) is 45.6 Å². The van der Waals surface area contributed by atoms with E-state index in [4.69, 9.17) is 23.9 Å². The molecule has 308 valence electrons. The number of aliphatic hydroxyl groups is 2. The zero-order valence-electron chi connectivity index (χ0n) is 34.0. The van der Waals surface area contributed by atoms with Crippen LogP contribution in [0.15, 0.2) is 54.5 Å². The van der Waals surface area contributed by atoms with Crippen LogP contribution in [0.3, 0.4) is 0 Å². The van der Waals surface area contributed by atoms with Crippen molar-refractivity contribution in [3.63, 3.8) is 0 Å². The number of ketones is 2. The average Bonchev–Trinajstić information content (AvgIpc) is 3.67. The lowest BCUT2D eigenvalue weighted by molar-refractivity contribution is -0.160. The van der Waals surface area contributed by atoms with Crippen molar-refractivity contribution in [3.8, 4) is 17.2 Å². The Morgan fingerprint density at radius 3 is 2.38 bits per heavy atom. The van der Waals surface area contributed by atoms with Crippen LogP contribution in [-0.2, 0) is 28.6 Å².